The molecule has 0 aliphatic rings. The maximum atomic E-state index is 13.6. The molecule has 0 saturated carbocycles. The zero-order valence-electron chi connectivity index (χ0n) is 21.7. The molecule has 0 spiro atoms. The largest absolute Gasteiger partial charge is 0.355 e. The first kappa shape index (κ1) is 28.4. The average Bonchev–Trinajstić information content (AvgIpc) is 2.79. The first-order valence-electron chi connectivity index (χ1n) is 12.1. The molecule has 0 aromatic heterocycles. The van der Waals surface area contributed by atoms with Crippen LogP contribution in [0.3, 0.4) is 0 Å². The molecule has 1 atom stereocenters. The van der Waals surface area contributed by atoms with Gasteiger partial charge in [-0.3, -0.25) is 13.9 Å². The second-order valence-electron chi connectivity index (χ2n) is 9.71. The number of anilines is 1. The molecule has 2 aromatic rings. The highest BCUT2D eigenvalue weighted by molar-refractivity contribution is 7.92. The lowest BCUT2D eigenvalue weighted by molar-refractivity contribution is -0.139. The van der Waals surface area contributed by atoms with Crippen molar-refractivity contribution in [2.24, 2.45) is 0 Å². The fraction of sp³-hybridized carbons (Fsp3) is 0.481. The maximum absolute atomic E-state index is 13.6. The molecule has 0 saturated heterocycles. The van der Waals surface area contributed by atoms with Crippen LogP contribution in [-0.2, 0) is 31.4 Å². The second kappa shape index (κ2) is 12.2. The van der Waals surface area contributed by atoms with Gasteiger partial charge >= 0.3 is 0 Å². The minimum Gasteiger partial charge on any atom is -0.355 e. The molecule has 8 heteroatoms. The van der Waals surface area contributed by atoms with Crippen LogP contribution in [0.2, 0.25) is 0 Å². The third-order valence-electron chi connectivity index (χ3n) is 5.92. The summed E-state index contributed by atoms with van der Waals surface area (Å²) >= 11 is 0. The Hall–Kier alpha value is -2.87. The number of sulfonamides is 1. The van der Waals surface area contributed by atoms with E-state index < -0.39 is 22.0 Å². The quantitative estimate of drug-likeness (QED) is 0.508. The summed E-state index contributed by atoms with van der Waals surface area (Å²) in [4.78, 5) is 27.9. The van der Waals surface area contributed by atoms with Crippen molar-refractivity contribution < 1.29 is 18.0 Å². The van der Waals surface area contributed by atoms with E-state index in [9.17, 15) is 18.0 Å². The number of benzene rings is 2. The van der Waals surface area contributed by atoms with Gasteiger partial charge in [-0.1, -0.05) is 70.2 Å². The Labute approximate surface area is 210 Å². The van der Waals surface area contributed by atoms with Crippen molar-refractivity contribution in [2.45, 2.75) is 58.9 Å². The van der Waals surface area contributed by atoms with Gasteiger partial charge < -0.3 is 10.2 Å². The lowest BCUT2D eigenvalue weighted by atomic mass is 9.87. The molecule has 0 radical (unpaired) electrons. The summed E-state index contributed by atoms with van der Waals surface area (Å²) in [5, 5.41) is 2.80. The molecule has 2 rings (SSSR count). The number of amides is 2. The highest BCUT2D eigenvalue weighted by Crippen LogP contribution is 2.26. The van der Waals surface area contributed by atoms with Crippen LogP contribution in [-0.4, -0.2) is 57.1 Å². The van der Waals surface area contributed by atoms with Crippen LogP contribution in [0.5, 0.6) is 0 Å². The summed E-state index contributed by atoms with van der Waals surface area (Å²) in [6.07, 6.45) is 2.07. The van der Waals surface area contributed by atoms with Crippen LogP contribution in [0.25, 0.3) is 0 Å². The van der Waals surface area contributed by atoms with Gasteiger partial charge in [-0.15, -0.1) is 0 Å². The molecule has 2 amide bonds. The molecule has 0 bridgehead atoms. The van der Waals surface area contributed by atoms with Crippen molar-refractivity contribution in [2.75, 3.05) is 30.2 Å². The van der Waals surface area contributed by atoms with Crippen LogP contribution in [0.4, 0.5) is 5.69 Å². The van der Waals surface area contributed by atoms with Crippen molar-refractivity contribution in [1.29, 1.82) is 0 Å². The van der Waals surface area contributed by atoms with Crippen LogP contribution in [0.15, 0.2) is 54.6 Å². The molecule has 192 valence electrons. The minimum absolute atomic E-state index is 0.0838. The van der Waals surface area contributed by atoms with Crippen LogP contribution >= 0.6 is 0 Å². The van der Waals surface area contributed by atoms with E-state index in [1.54, 1.807) is 12.1 Å². The predicted molar refractivity (Wildman–Crippen MR) is 142 cm³/mol. The number of nitrogens with zero attached hydrogens (tertiary/aromatic N) is 2. The standard InChI is InChI=1S/C27H39N3O4S/c1-7-24(26(32)28-8-2)29(19-18-21-12-10-9-11-13-21)25(31)20-30(35(6,33)34)23-16-14-22(15-17-23)27(3,4)5/h9-17,24H,7-8,18-20H2,1-6H3,(H,28,32). The SMILES string of the molecule is CCNC(=O)C(CC)N(CCc1ccccc1)C(=O)CN(c1ccc(C(C)(C)C)cc1)S(C)(=O)=O. The number of hydrogen-bond acceptors (Lipinski definition) is 4. The molecule has 1 N–H and O–H groups in total. The van der Waals surface area contributed by atoms with Crippen LogP contribution < -0.4 is 9.62 Å². The number of rotatable bonds is 11. The van der Waals surface area contributed by atoms with Gasteiger partial charge in [-0.2, -0.15) is 0 Å². The zero-order valence-corrected chi connectivity index (χ0v) is 22.6. The van der Waals surface area contributed by atoms with Gasteiger partial charge in [0.25, 0.3) is 0 Å². The van der Waals surface area contributed by atoms with Crippen molar-refractivity contribution >= 4 is 27.5 Å². The third kappa shape index (κ3) is 8.09. The molecule has 7 nitrogen and oxygen atoms in total. The number of carbonyl (C=O) groups is 2. The zero-order chi connectivity index (χ0) is 26.2. The summed E-state index contributed by atoms with van der Waals surface area (Å²) in [5.74, 6) is -0.652. The van der Waals surface area contributed by atoms with Gasteiger partial charge in [0.05, 0.1) is 11.9 Å². The van der Waals surface area contributed by atoms with E-state index in [-0.39, 0.29) is 17.9 Å². The molecular formula is C27H39N3O4S. The van der Waals surface area contributed by atoms with Gasteiger partial charge in [0, 0.05) is 13.1 Å². The highest BCUT2D eigenvalue weighted by Gasteiger charge is 2.31. The van der Waals surface area contributed by atoms with E-state index >= 15 is 0 Å². The molecule has 1 unspecified atom stereocenters. The molecule has 0 aliphatic carbocycles. The third-order valence-corrected chi connectivity index (χ3v) is 7.06. The second-order valence-corrected chi connectivity index (χ2v) is 11.6. The van der Waals surface area contributed by atoms with E-state index in [4.69, 9.17) is 0 Å². The topological polar surface area (TPSA) is 86.8 Å². The number of nitrogens with one attached hydrogen (secondary N) is 1. The smallest absolute Gasteiger partial charge is 0.244 e. The molecule has 0 aliphatic heterocycles. The fourth-order valence-corrected chi connectivity index (χ4v) is 4.78. The number of hydrogen-bond donors (Lipinski definition) is 1. The summed E-state index contributed by atoms with van der Waals surface area (Å²) in [6, 6.07) is 16.2. The van der Waals surface area contributed by atoms with Crippen LogP contribution in [0, 0.1) is 0 Å². The van der Waals surface area contributed by atoms with Gasteiger partial charge in [-0.05, 0) is 48.4 Å². The molecule has 35 heavy (non-hydrogen) atoms. The summed E-state index contributed by atoms with van der Waals surface area (Å²) in [6.45, 7) is 10.3. The van der Waals surface area contributed by atoms with Gasteiger partial charge in [0.15, 0.2) is 0 Å². The van der Waals surface area contributed by atoms with E-state index in [1.165, 1.54) is 4.90 Å². The lowest BCUT2D eigenvalue weighted by Crippen LogP contribution is -2.53. The van der Waals surface area contributed by atoms with E-state index in [0.29, 0.717) is 31.6 Å². The maximum Gasteiger partial charge on any atom is 0.244 e. The Morgan fingerprint density at radius 3 is 2.06 bits per heavy atom. The summed E-state index contributed by atoms with van der Waals surface area (Å²) < 4.78 is 26.5. The van der Waals surface area contributed by atoms with Gasteiger partial charge in [-0.25, -0.2) is 8.42 Å². The van der Waals surface area contributed by atoms with Crippen LogP contribution in [0.1, 0.15) is 52.2 Å². The molecular weight excluding hydrogens is 462 g/mol. The Bertz CT molecular complexity index is 1080. The number of carbonyl (C=O) groups excluding carboxylic acids is 2. The van der Waals surface area contributed by atoms with Crippen molar-refractivity contribution in [3.63, 3.8) is 0 Å². The Balaban J connectivity index is 2.36. The predicted octanol–water partition coefficient (Wildman–Crippen LogP) is 3.74. The Kier molecular flexibility index (Phi) is 9.89. The first-order chi connectivity index (χ1) is 16.4. The molecule has 0 heterocycles. The average molecular weight is 502 g/mol. The first-order valence-corrected chi connectivity index (χ1v) is 13.9. The van der Waals surface area contributed by atoms with Crippen molar-refractivity contribution in [1.82, 2.24) is 10.2 Å². The van der Waals surface area contributed by atoms with Crippen molar-refractivity contribution in [3.8, 4) is 0 Å². The summed E-state index contributed by atoms with van der Waals surface area (Å²) in [7, 11) is -3.74. The Morgan fingerprint density at radius 1 is 0.971 bits per heavy atom. The van der Waals surface area contributed by atoms with E-state index in [0.717, 1.165) is 21.7 Å². The fourth-order valence-electron chi connectivity index (χ4n) is 3.93. The van der Waals surface area contributed by atoms with Gasteiger partial charge in [0.2, 0.25) is 21.8 Å². The number of likely N-dealkylation sites (N-methyl/N-ethyl adjacent to an activating group) is 1. The minimum atomic E-state index is -3.74. The highest BCUT2D eigenvalue weighted by atomic mass is 32.2. The summed E-state index contributed by atoms with van der Waals surface area (Å²) in [5.41, 5.74) is 2.43. The monoisotopic (exact) mass is 501 g/mol. The van der Waals surface area contributed by atoms with E-state index in [2.05, 4.69) is 26.1 Å². The molecule has 0 fully saturated rings. The Morgan fingerprint density at radius 2 is 1.57 bits per heavy atom. The van der Waals surface area contributed by atoms with E-state index in [1.807, 2.05) is 56.3 Å². The lowest BCUT2D eigenvalue weighted by Gasteiger charge is -2.33. The van der Waals surface area contributed by atoms with Crippen molar-refractivity contribution in [3.05, 3.63) is 65.7 Å². The van der Waals surface area contributed by atoms with Gasteiger partial charge in [0.1, 0.15) is 12.6 Å². The normalized spacial score (nSPS) is 12.6. The molecule has 2 aromatic carbocycles.